The summed E-state index contributed by atoms with van der Waals surface area (Å²) in [6.45, 7) is 5.38. The molecule has 2 heterocycles. The number of carbonyl (C=O) groups excluding carboxylic acids is 1. The van der Waals surface area contributed by atoms with Gasteiger partial charge in [0.15, 0.2) is 5.13 Å². The van der Waals surface area contributed by atoms with Crippen molar-refractivity contribution in [3.05, 3.63) is 11.1 Å². The second kappa shape index (κ2) is 12.5. The number of aromatic nitrogens is 1. The molecule has 1 saturated heterocycles. The summed E-state index contributed by atoms with van der Waals surface area (Å²) in [7, 11) is -0.220. The Hall–Kier alpha value is -1.27. The molecule has 0 unspecified atom stereocenters. The van der Waals surface area contributed by atoms with Gasteiger partial charge in [-0.1, -0.05) is 32.6 Å². The van der Waals surface area contributed by atoms with E-state index in [-0.39, 0.29) is 6.03 Å². The van der Waals surface area contributed by atoms with Crippen molar-refractivity contribution in [2.45, 2.75) is 89.8 Å². The monoisotopic (exact) mass is 540 g/mol. The third-order valence-electron chi connectivity index (χ3n) is 8.10. The predicted octanol–water partition coefficient (Wildman–Crippen LogP) is 4.20. The maximum atomic E-state index is 13.6. The predicted molar refractivity (Wildman–Crippen MR) is 145 cm³/mol. The number of hydrogen-bond donors (Lipinski definition) is 1. The molecule has 4 rings (SSSR count). The van der Waals surface area contributed by atoms with Crippen LogP contribution in [0.1, 0.15) is 76.0 Å². The maximum Gasteiger partial charge on any atom is 0.324 e. The average Bonchev–Trinajstić information content (AvgIpc) is 3.11. The minimum Gasteiger partial charge on any atom is -0.319 e. The Morgan fingerprint density at radius 1 is 1.00 bits per heavy atom. The summed E-state index contributed by atoms with van der Waals surface area (Å²) in [5, 5.41) is 3.81. The topological polar surface area (TPSA) is 89.1 Å². The van der Waals surface area contributed by atoms with Gasteiger partial charge in [-0.05, 0) is 44.4 Å². The first-order valence-electron chi connectivity index (χ1n) is 13.7. The molecule has 0 atom stereocenters. The van der Waals surface area contributed by atoms with Crippen molar-refractivity contribution in [2.24, 2.45) is 5.92 Å². The van der Waals surface area contributed by atoms with Crippen molar-refractivity contribution < 1.29 is 13.2 Å². The van der Waals surface area contributed by atoms with Gasteiger partial charge in [-0.25, -0.2) is 9.78 Å². The van der Waals surface area contributed by atoms with Crippen molar-refractivity contribution in [3.63, 3.8) is 0 Å². The van der Waals surface area contributed by atoms with Crippen LogP contribution in [0.3, 0.4) is 0 Å². The molecule has 36 heavy (non-hydrogen) atoms. The molecule has 0 aromatic carbocycles. The minimum atomic E-state index is -3.36. The van der Waals surface area contributed by atoms with Crippen molar-refractivity contribution in [1.29, 1.82) is 0 Å². The highest BCUT2D eigenvalue weighted by molar-refractivity contribution is 7.86. The molecule has 204 valence electrons. The summed E-state index contributed by atoms with van der Waals surface area (Å²) < 4.78 is 27.5. The SMILES string of the molecule is CN(C)S(=O)(=O)N1CCN(Cc2cnc(NC(=O)N(C3CCCCCC3)[C@H]3CC[C@H](C)CC3)s2)CC1. The van der Waals surface area contributed by atoms with Gasteiger partial charge in [0.2, 0.25) is 0 Å². The van der Waals surface area contributed by atoms with Gasteiger partial charge in [0.25, 0.3) is 10.2 Å². The summed E-state index contributed by atoms with van der Waals surface area (Å²) in [6, 6.07) is 0.684. The summed E-state index contributed by atoms with van der Waals surface area (Å²) >= 11 is 1.53. The average molecular weight is 541 g/mol. The van der Waals surface area contributed by atoms with Crippen molar-refractivity contribution in [1.82, 2.24) is 23.4 Å². The van der Waals surface area contributed by atoms with E-state index in [1.807, 2.05) is 6.20 Å². The second-order valence-electron chi connectivity index (χ2n) is 11.0. The summed E-state index contributed by atoms with van der Waals surface area (Å²) in [5.41, 5.74) is 0. The number of carbonyl (C=O) groups is 1. The second-order valence-corrected chi connectivity index (χ2v) is 14.3. The third-order valence-corrected chi connectivity index (χ3v) is 10.9. The van der Waals surface area contributed by atoms with E-state index in [1.165, 1.54) is 58.5 Å². The first-order valence-corrected chi connectivity index (χ1v) is 15.9. The minimum absolute atomic E-state index is 0.0184. The van der Waals surface area contributed by atoms with E-state index in [0.717, 1.165) is 43.0 Å². The number of amides is 2. The van der Waals surface area contributed by atoms with Crippen LogP contribution in [-0.2, 0) is 16.8 Å². The molecule has 11 heteroatoms. The van der Waals surface area contributed by atoms with Gasteiger partial charge in [-0.15, -0.1) is 11.3 Å². The van der Waals surface area contributed by atoms with E-state index in [4.69, 9.17) is 0 Å². The molecule has 0 radical (unpaired) electrons. The number of rotatable bonds is 7. The fourth-order valence-electron chi connectivity index (χ4n) is 5.85. The largest absolute Gasteiger partial charge is 0.324 e. The molecule has 1 aromatic rings. The lowest BCUT2D eigenvalue weighted by molar-refractivity contribution is 0.116. The number of nitrogens with one attached hydrogen (secondary N) is 1. The van der Waals surface area contributed by atoms with Crippen molar-refractivity contribution in [3.8, 4) is 0 Å². The fraction of sp³-hybridized carbons (Fsp3) is 0.840. The Bertz CT molecular complexity index is 945. The van der Waals surface area contributed by atoms with Crippen LogP contribution in [0.15, 0.2) is 6.20 Å². The van der Waals surface area contributed by atoms with Crippen molar-refractivity contribution >= 4 is 32.7 Å². The van der Waals surface area contributed by atoms with Crippen LogP contribution in [0.25, 0.3) is 0 Å². The lowest BCUT2D eigenvalue weighted by Crippen LogP contribution is -2.51. The number of piperazine rings is 1. The Labute approximate surface area is 221 Å². The van der Waals surface area contributed by atoms with Crippen LogP contribution in [-0.4, -0.2) is 90.2 Å². The quantitative estimate of drug-likeness (QED) is 0.524. The van der Waals surface area contributed by atoms with Gasteiger partial charge >= 0.3 is 6.03 Å². The van der Waals surface area contributed by atoms with Gasteiger partial charge in [-0.2, -0.15) is 17.0 Å². The van der Waals surface area contributed by atoms with Gasteiger partial charge in [0.1, 0.15) is 0 Å². The third kappa shape index (κ3) is 6.98. The van der Waals surface area contributed by atoms with E-state index < -0.39 is 10.2 Å². The zero-order chi connectivity index (χ0) is 25.7. The highest BCUT2D eigenvalue weighted by Gasteiger charge is 2.34. The van der Waals surface area contributed by atoms with Crippen LogP contribution in [0.2, 0.25) is 0 Å². The summed E-state index contributed by atoms with van der Waals surface area (Å²) in [4.78, 5) is 23.7. The van der Waals surface area contributed by atoms with E-state index >= 15 is 0 Å². The Kier molecular flexibility index (Phi) is 9.65. The molecule has 1 N–H and O–H groups in total. The van der Waals surface area contributed by atoms with E-state index in [2.05, 4.69) is 27.0 Å². The van der Waals surface area contributed by atoms with E-state index in [1.54, 1.807) is 14.1 Å². The fourth-order valence-corrected chi connectivity index (χ4v) is 7.78. The number of thiazole rings is 1. The molecule has 2 saturated carbocycles. The normalized spacial score (nSPS) is 25.6. The van der Waals surface area contributed by atoms with Crippen LogP contribution < -0.4 is 5.32 Å². The molecule has 2 aliphatic carbocycles. The molecule has 0 bridgehead atoms. The molecule has 1 aliphatic heterocycles. The zero-order valence-electron chi connectivity index (χ0n) is 22.2. The molecule has 3 fully saturated rings. The highest BCUT2D eigenvalue weighted by atomic mass is 32.2. The molecular weight excluding hydrogens is 496 g/mol. The summed E-state index contributed by atoms with van der Waals surface area (Å²) in [6.07, 6.45) is 13.6. The molecule has 0 spiro atoms. The summed E-state index contributed by atoms with van der Waals surface area (Å²) in [5.74, 6) is 0.756. The Balaban J connectivity index is 1.35. The first-order chi connectivity index (χ1) is 17.2. The number of hydrogen-bond acceptors (Lipinski definition) is 6. The van der Waals surface area contributed by atoms with E-state index in [0.29, 0.717) is 43.4 Å². The standard InChI is InChI=1S/C25H44N6O3S2/c1-20-10-12-22(13-11-20)31(21-8-6-4-5-7-9-21)25(32)27-24-26-18-23(35-24)19-29-14-16-30(17-15-29)36(33,34)28(2)3/h18,20-22H,4-17,19H2,1-3H3,(H,26,27,32)/t20-,22-. The van der Waals surface area contributed by atoms with Crippen LogP contribution in [0.5, 0.6) is 0 Å². The van der Waals surface area contributed by atoms with Crippen LogP contribution >= 0.6 is 11.3 Å². The number of urea groups is 1. The number of nitrogens with zero attached hydrogens (tertiary/aromatic N) is 5. The lowest BCUT2D eigenvalue weighted by Gasteiger charge is -2.40. The van der Waals surface area contributed by atoms with E-state index in [9.17, 15) is 13.2 Å². The number of anilines is 1. The van der Waals surface area contributed by atoms with Crippen molar-refractivity contribution in [2.75, 3.05) is 45.6 Å². The molecule has 9 nitrogen and oxygen atoms in total. The zero-order valence-corrected chi connectivity index (χ0v) is 23.8. The lowest BCUT2D eigenvalue weighted by atomic mass is 9.85. The Morgan fingerprint density at radius 3 is 2.22 bits per heavy atom. The van der Waals surface area contributed by atoms with Crippen LogP contribution in [0, 0.1) is 5.92 Å². The van der Waals surface area contributed by atoms with Gasteiger partial charge in [-0.3, -0.25) is 10.2 Å². The highest BCUT2D eigenvalue weighted by Crippen LogP contribution is 2.33. The smallest absolute Gasteiger partial charge is 0.319 e. The van der Waals surface area contributed by atoms with Gasteiger partial charge in [0.05, 0.1) is 0 Å². The van der Waals surface area contributed by atoms with Gasteiger partial charge < -0.3 is 4.90 Å². The molecule has 1 aromatic heterocycles. The maximum absolute atomic E-state index is 13.6. The first kappa shape index (κ1) is 27.8. The van der Waals surface area contributed by atoms with Crippen LogP contribution in [0.4, 0.5) is 9.93 Å². The molecular formula is C25H44N6O3S2. The molecule has 3 aliphatic rings. The molecule has 2 amide bonds. The van der Waals surface area contributed by atoms with Gasteiger partial charge in [0, 0.05) is 70.0 Å². The Morgan fingerprint density at radius 2 is 1.61 bits per heavy atom.